The number of aliphatic carboxylic acids is 1. The first-order valence-electron chi connectivity index (χ1n) is 4.94. The molecule has 0 spiro atoms. The van der Waals surface area contributed by atoms with Gasteiger partial charge in [0.2, 0.25) is 0 Å². The lowest BCUT2D eigenvalue weighted by Crippen LogP contribution is -2.45. The summed E-state index contributed by atoms with van der Waals surface area (Å²) in [6.45, 7) is 0. The van der Waals surface area contributed by atoms with E-state index in [0.717, 1.165) is 0 Å². The van der Waals surface area contributed by atoms with Gasteiger partial charge in [-0.15, -0.1) is 0 Å². The number of alkyl halides is 2. The summed E-state index contributed by atoms with van der Waals surface area (Å²) < 4.78 is 24.9. The summed E-state index contributed by atoms with van der Waals surface area (Å²) >= 11 is 0. The topological polar surface area (TPSA) is 57.6 Å². The Morgan fingerprint density at radius 1 is 1.35 bits per heavy atom. The third-order valence-corrected chi connectivity index (χ3v) is 2.69. The minimum atomic E-state index is -3.21. The molecule has 4 nitrogen and oxygen atoms in total. The quantitative estimate of drug-likeness (QED) is 0.848. The van der Waals surface area contributed by atoms with Gasteiger partial charge in [-0.25, -0.2) is 4.79 Å². The Hall–Kier alpha value is -1.98. The Morgan fingerprint density at radius 3 is 2.59 bits per heavy atom. The molecule has 1 aliphatic heterocycles. The lowest BCUT2D eigenvalue weighted by molar-refractivity contribution is -0.141. The van der Waals surface area contributed by atoms with Crippen molar-refractivity contribution in [2.24, 2.45) is 0 Å². The summed E-state index contributed by atoms with van der Waals surface area (Å²) in [6, 6.07) is 5.11. The number of halogens is 2. The van der Waals surface area contributed by atoms with E-state index in [1.807, 2.05) is 0 Å². The van der Waals surface area contributed by atoms with Crippen LogP contribution in [0, 0.1) is 0 Å². The second-order valence-electron chi connectivity index (χ2n) is 3.70. The Morgan fingerprint density at radius 2 is 2.00 bits per heavy atom. The predicted octanol–water partition coefficient (Wildman–Crippen LogP) is 1.29. The maximum absolute atomic E-state index is 12.4. The van der Waals surface area contributed by atoms with E-state index in [9.17, 15) is 18.4 Å². The number of para-hydroxylation sites is 1. The standard InChI is InChI=1S/C11H9F2NO3/c12-9(13)10(15)14-7-4-2-1-3-6(7)5-8(14)11(16)17/h1-4,8-9H,5H2,(H,16,17). The van der Waals surface area contributed by atoms with Crippen LogP contribution in [0.15, 0.2) is 24.3 Å². The molecule has 90 valence electrons. The van der Waals surface area contributed by atoms with Crippen LogP contribution < -0.4 is 4.90 Å². The fourth-order valence-electron chi connectivity index (χ4n) is 1.96. The van der Waals surface area contributed by atoms with Gasteiger partial charge >= 0.3 is 12.4 Å². The summed E-state index contributed by atoms with van der Waals surface area (Å²) in [5, 5.41) is 8.95. The van der Waals surface area contributed by atoms with Gasteiger partial charge in [0.1, 0.15) is 6.04 Å². The third-order valence-electron chi connectivity index (χ3n) is 2.69. The molecule has 0 aliphatic carbocycles. The van der Waals surface area contributed by atoms with Crippen LogP contribution in [-0.4, -0.2) is 29.5 Å². The van der Waals surface area contributed by atoms with Gasteiger partial charge in [0.05, 0.1) is 0 Å². The molecule has 1 heterocycles. The van der Waals surface area contributed by atoms with Gasteiger partial charge in [-0.2, -0.15) is 8.78 Å². The molecule has 0 saturated heterocycles. The molecule has 6 heteroatoms. The molecule has 1 aromatic rings. The largest absolute Gasteiger partial charge is 0.480 e. The number of anilines is 1. The van der Waals surface area contributed by atoms with Crippen molar-refractivity contribution in [1.29, 1.82) is 0 Å². The first-order chi connectivity index (χ1) is 8.02. The van der Waals surface area contributed by atoms with E-state index in [2.05, 4.69) is 0 Å². The molecule has 0 bridgehead atoms. The molecule has 2 rings (SSSR count). The molecule has 0 saturated carbocycles. The van der Waals surface area contributed by atoms with Crippen molar-refractivity contribution in [3.63, 3.8) is 0 Å². The lowest BCUT2D eigenvalue weighted by atomic mass is 10.1. The number of hydrogen-bond donors (Lipinski definition) is 1. The van der Waals surface area contributed by atoms with Crippen LogP contribution in [0.1, 0.15) is 5.56 Å². The maximum atomic E-state index is 12.4. The highest BCUT2D eigenvalue weighted by Gasteiger charge is 2.40. The fraction of sp³-hybridized carbons (Fsp3) is 0.273. The smallest absolute Gasteiger partial charge is 0.327 e. The lowest BCUT2D eigenvalue weighted by Gasteiger charge is -2.21. The van der Waals surface area contributed by atoms with Crippen molar-refractivity contribution in [2.45, 2.75) is 18.9 Å². The van der Waals surface area contributed by atoms with Gasteiger partial charge < -0.3 is 5.11 Å². The number of carbonyl (C=O) groups excluding carboxylic acids is 1. The highest BCUT2D eigenvalue weighted by molar-refractivity contribution is 6.03. The monoisotopic (exact) mass is 241 g/mol. The third kappa shape index (κ3) is 1.86. The van der Waals surface area contributed by atoms with Crippen LogP contribution in [0.5, 0.6) is 0 Å². The minimum Gasteiger partial charge on any atom is -0.480 e. The number of fused-ring (bicyclic) bond motifs is 1. The van der Waals surface area contributed by atoms with Crippen LogP contribution in [0.4, 0.5) is 14.5 Å². The number of hydrogen-bond acceptors (Lipinski definition) is 2. The second kappa shape index (κ2) is 4.12. The zero-order chi connectivity index (χ0) is 12.6. The first kappa shape index (κ1) is 11.5. The zero-order valence-electron chi connectivity index (χ0n) is 8.64. The molecule has 17 heavy (non-hydrogen) atoms. The second-order valence-corrected chi connectivity index (χ2v) is 3.70. The van der Waals surface area contributed by atoms with Crippen molar-refractivity contribution in [3.8, 4) is 0 Å². The minimum absolute atomic E-state index is 0.0595. The van der Waals surface area contributed by atoms with Crippen LogP contribution in [-0.2, 0) is 16.0 Å². The van der Waals surface area contributed by atoms with E-state index < -0.39 is 24.3 Å². The molecule has 1 atom stereocenters. The SMILES string of the molecule is O=C(O)C1Cc2ccccc2N1C(=O)C(F)F. The normalized spacial score (nSPS) is 18.3. The first-order valence-corrected chi connectivity index (χ1v) is 4.94. The van der Waals surface area contributed by atoms with Crippen molar-refractivity contribution >= 4 is 17.6 Å². The van der Waals surface area contributed by atoms with E-state index in [1.165, 1.54) is 6.07 Å². The molecule has 1 aromatic carbocycles. The number of carbonyl (C=O) groups is 2. The number of carboxylic acids is 1. The Bertz CT molecular complexity index is 476. The Balaban J connectivity index is 2.44. The van der Waals surface area contributed by atoms with E-state index in [0.29, 0.717) is 10.5 Å². The number of amides is 1. The van der Waals surface area contributed by atoms with Crippen LogP contribution in [0.25, 0.3) is 0 Å². The van der Waals surface area contributed by atoms with Gasteiger partial charge in [-0.3, -0.25) is 9.69 Å². The summed E-state index contributed by atoms with van der Waals surface area (Å²) in [6.07, 6.45) is -3.15. The van der Waals surface area contributed by atoms with E-state index in [4.69, 9.17) is 5.11 Å². The summed E-state index contributed by atoms with van der Waals surface area (Å²) in [4.78, 5) is 23.0. The highest BCUT2D eigenvalue weighted by atomic mass is 19.3. The summed E-state index contributed by atoms with van der Waals surface area (Å²) in [7, 11) is 0. The molecule has 1 N–H and O–H groups in total. The predicted molar refractivity (Wildman–Crippen MR) is 55.1 cm³/mol. The summed E-state index contributed by atoms with van der Waals surface area (Å²) in [5.41, 5.74) is 0.846. The van der Waals surface area contributed by atoms with Crippen molar-refractivity contribution < 1.29 is 23.5 Å². The molecular weight excluding hydrogens is 232 g/mol. The number of benzene rings is 1. The van der Waals surface area contributed by atoms with Gasteiger partial charge in [-0.1, -0.05) is 18.2 Å². The van der Waals surface area contributed by atoms with E-state index in [1.54, 1.807) is 18.2 Å². The van der Waals surface area contributed by atoms with E-state index in [-0.39, 0.29) is 12.1 Å². The molecular formula is C11H9F2NO3. The molecule has 1 amide bonds. The number of carboxylic acid groups (broad SMARTS) is 1. The zero-order valence-corrected chi connectivity index (χ0v) is 8.64. The van der Waals surface area contributed by atoms with Crippen LogP contribution in [0.3, 0.4) is 0 Å². The number of rotatable bonds is 2. The van der Waals surface area contributed by atoms with Gasteiger partial charge in [-0.05, 0) is 11.6 Å². The highest BCUT2D eigenvalue weighted by Crippen LogP contribution is 2.33. The summed E-state index contributed by atoms with van der Waals surface area (Å²) in [5.74, 6) is -2.75. The van der Waals surface area contributed by atoms with Crippen molar-refractivity contribution in [2.75, 3.05) is 4.90 Å². The molecule has 1 unspecified atom stereocenters. The molecule has 0 aromatic heterocycles. The van der Waals surface area contributed by atoms with Crippen molar-refractivity contribution in [3.05, 3.63) is 29.8 Å². The molecule has 1 aliphatic rings. The average molecular weight is 241 g/mol. The fourth-order valence-corrected chi connectivity index (χ4v) is 1.96. The van der Waals surface area contributed by atoms with E-state index >= 15 is 0 Å². The maximum Gasteiger partial charge on any atom is 0.327 e. The van der Waals surface area contributed by atoms with Crippen LogP contribution in [0.2, 0.25) is 0 Å². The molecule has 0 radical (unpaired) electrons. The molecule has 0 fully saturated rings. The Kier molecular flexibility index (Phi) is 2.79. The van der Waals surface area contributed by atoms with Crippen LogP contribution >= 0.6 is 0 Å². The van der Waals surface area contributed by atoms with Gasteiger partial charge in [0.15, 0.2) is 0 Å². The number of nitrogens with zero attached hydrogens (tertiary/aromatic N) is 1. The van der Waals surface area contributed by atoms with Gasteiger partial charge in [0, 0.05) is 12.1 Å². The van der Waals surface area contributed by atoms with Crippen molar-refractivity contribution in [1.82, 2.24) is 0 Å². The van der Waals surface area contributed by atoms with Gasteiger partial charge in [0.25, 0.3) is 5.91 Å². The Labute approximate surface area is 95.5 Å². The average Bonchev–Trinajstić information content (AvgIpc) is 2.67.